The topological polar surface area (TPSA) is 17.1 Å². The molecule has 0 N–H and O–H groups in total. The van der Waals surface area contributed by atoms with Gasteiger partial charge < -0.3 is 0 Å². The fourth-order valence-electron chi connectivity index (χ4n) is 6.14. The van der Waals surface area contributed by atoms with Crippen LogP contribution in [0.3, 0.4) is 0 Å². The largest absolute Gasteiger partial charge is 0.299 e. The summed E-state index contributed by atoms with van der Waals surface area (Å²) in [7, 11) is 0. The molecule has 1 heteroatoms. The predicted molar refractivity (Wildman–Crippen MR) is 113 cm³/mol. The van der Waals surface area contributed by atoms with Gasteiger partial charge in [0, 0.05) is 17.8 Å². The maximum atomic E-state index is 12.9. The molecule has 1 aromatic carbocycles. The first-order valence-electron chi connectivity index (χ1n) is 10.8. The van der Waals surface area contributed by atoms with Gasteiger partial charge in [-0.3, -0.25) is 4.79 Å². The highest BCUT2D eigenvalue weighted by Crippen LogP contribution is 2.54. The van der Waals surface area contributed by atoms with Crippen LogP contribution in [0, 0.1) is 29.1 Å². The van der Waals surface area contributed by atoms with Gasteiger partial charge in [0.25, 0.3) is 0 Å². The van der Waals surface area contributed by atoms with E-state index in [1.165, 1.54) is 41.5 Å². The molecule has 0 bridgehead atoms. The van der Waals surface area contributed by atoms with Crippen LogP contribution in [-0.2, 0) is 4.79 Å². The van der Waals surface area contributed by atoms with E-state index in [0.29, 0.717) is 29.5 Å². The lowest BCUT2D eigenvalue weighted by Crippen LogP contribution is -2.43. The van der Waals surface area contributed by atoms with E-state index in [9.17, 15) is 4.79 Å². The number of hydrogen-bond donors (Lipinski definition) is 0. The molecule has 0 spiro atoms. The summed E-state index contributed by atoms with van der Waals surface area (Å²) in [6.45, 7) is 13.5. The SMILES string of the molecule is C=C1C(C(C)(C)C)=CC(C2CC(C)C(=O)C3CCCCC32)c2ccccc21. The molecule has 144 valence electrons. The van der Waals surface area contributed by atoms with E-state index in [-0.39, 0.29) is 11.3 Å². The van der Waals surface area contributed by atoms with E-state index in [1.54, 1.807) is 0 Å². The third-order valence-corrected chi connectivity index (χ3v) is 7.43. The van der Waals surface area contributed by atoms with Crippen LogP contribution in [0.5, 0.6) is 0 Å². The average molecular weight is 363 g/mol. The Balaban J connectivity index is 1.81. The van der Waals surface area contributed by atoms with E-state index in [2.05, 4.69) is 64.6 Å². The quantitative estimate of drug-likeness (QED) is 0.537. The third kappa shape index (κ3) is 3.13. The van der Waals surface area contributed by atoms with Crippen molar-refractivity contribution in [1.29, 1.82) is 0 Å². The Hall–Kier alpha value is -1.63. The van der Waals surface area contributed by atoms with Crippen molar-refractivity contribution in [2.24, 2.45) is 29.1 Å². The highest BCUT2D eigenvalue weighted by Gasteiger charge is 2.46. The molecule has 1 aromatic rings. The zero-order chi connectivity index (χ0) is 19.3. The summed E-state index contributed by atoms with van der Waals surface area (Å²) in [5, 5.41) is 0. The smallest absolute Gasteiger partial charge is 0.139 e. The minimum Gasteiger partial charge on any atom is -0.299 e. The Labute approximate surface area is 164 Å². The monoisotopic (exact) mass is 362 g/mol. The maximum Gasteiger partial charge on any atom is 0.139 e. The molecule has 0 heterocycles. The van der Waals surface area contributed by atoms with E-state index in [4.69, 9.17) is 0 Å². The fourth-order valence-corrected chi connectivity index (χ4v) is 6.14. The molecular weight excluding hydrogens is 328 g/mol. The molecular formula is C26H34O. The number of rotatable bonds is 1. The molecule has 0 radical (unpaired) electrons. The Kier molecular flexibility index (Phi) is 4.69. The second kappa shape index (κ2) is 6.76. The van der Waals surface area contributed by atoms with Crippen LogP contribution in [0.1, 0.15) is 76.8 Å². The van der Waals surface area contributed by atoms with E-state index < -0.39 is 0 Å². The maximum absolute atomic E-state index is 12.9. The summed E-state index contributed by atoms with van der Waals surface area (Å²) < 4.78 is 0. The number of Topliss-reactive ketones (excluding diaryl/α,β-unsaturated/α-hetero) is 1. The van der Waals surface area contributed by atoms with E-state index in [1.807, 2.05) is 0 Å². The summed E-state index contributed by atoms with van der Waals surface area (Å²) in [5.74, 6) is 2.61. The highest BCUT2D eigenvalue weighted by atomic mass is 16.1. The molecule has 0 aromatic heterocycles. The van der Waals surface area contributed by atoms with Gasteiger partial charge in [-0.25, -0.2) is 0 Å². The molecule has 2 saturated carbocycles. The number of carbonyl (C=O) groups is 1. The first-order chi connectivity index (χ1) is 12.8. The summed E-state index contributed by atoms with van der Waals surface area (Å²) in [5.41, 5.74) is 5.43. The van der Waals surface area contributed by atoms with E-state index >= 15 is 0 Å². The van der Waals surface area contributed by atoms with Crippen LogP contribution in [0.2, 0.25) is 0 Å². The Morgan fingerprint density at radius 1 is 1.04 bits per heavy atom. The predicted octanol–water partition coefficient (Wildman–Crippen LogP) is 6.80. The Bertz CT molecular complexity index is 791. The van der Waals surface area contributed by atoms with Gasteiger partial charge in [0.15, 0.2) is 0 Å². The van der Waals surface area contributed by atoms with Crippen LogP contribution in [0.15, 0.2) is 42.5 Å². The lowest BCUT2D eigenvalue weighted by molar-refractivity contribution is -0.135. The summed E-state index contributed by atoms with van der Waals surface area (Å²) in [6.07, 6.45) is 8.43. The molecule has 0 saturated heterocycles. The van der Waals surface area contributed by atoms with Crippen molar-refractivity contribution in [3.05, 3.63) is 53.6 Å². The van der Waals surface area contributed by atoms with Crippen molar-refractivity contribution < 1.29 is 4.79 Å². The van der Waals surface area contributed by atoms with Gasteiger partial charge in [-0.15, -0.1) is 0 Å². The van der Waals surface area contributed by atoms with Gasteiger partial charge in [-0.05, 0) is 58.8 Å². The van der Waals surface area contributed by atoms with Crippen molar-refractivity contribution in [3.63, 3.8) is 0 Å². The molecule has 0 amide bonds. The molecule has 4 rings (SSSR count). The Morgan fingerprint density at radius 3 is 2.48 bits per heavy atom. The van der Waals surface area contributed by atoms with Crippen LogP contribution in [0.25, 0.3) is 5.57 Å². The normalized spacial score (nSPS) is 33.9. The number of carbonyl (C=O) groups excluding carboxylic acids is 1. The van der Waals surface area contributed by atoms with E-state index in [0.717, 1.165) is 12.8 Å². The van der Waals surface area contributed by atoms with Crippen LogP contribution in [0.4, 0.5) is 0 Å². The molecule has 27 heavy (non-hydrogen) atoms. The van der Waals surface area contributed by atoms with Gasteiger partial charge in [-0.1, -0.05) is 77.5 Å². The van der Waals surface area contributed by atoms with Crippen molar-refractivity contribution in [1.82, 2.24) is 0 Å². The first kappa shape index (κ1) is 18.7. The molecule has 5 atom stereocenters. The van der Waals surface area contributed by atoms with Gasteiger partial charge in [0.2, 0.25) is 0 Å². The van der Waals surface area contributed by atoms with Crippen LogP contribution in [-0.4, -0.2) is 5.78 Å². The zero-order valence-electron chi connectivity index (χ0n) is 17.4. The van der Waals surface area contributed by atoms with Crippen molar-refractivity contribution >= 4 is 11.4 Å². The van der Waals surface area contributed by atoms with Crippen molar-refractivity contribution in [3.8, 4) is 0 Å². The first-order valence-corrected chi connectivity index (χ1v) is 10.8. The lowest BCUT2D eigenvalue weighted by atomic mass is 9.56. The second-order valence-corrected chi connectivity index (χ2v) is 10.2. The lowest BCUT2D eigenvalue weighted by Gasteiger charge is -2.47. The number of ketones is 1. The van der Waals surface area contributed by atoms with Gasteiger partial charge >= 0.3 is 0 Å². The average Bonchev–Trinajstić information content (AvgIpc) is 2.64. The van der Waals surface area contributed by atoms with Crippen molar-refractivity contribution in [2.75, 3.05) is 0 Å². The fraction of sp³-hybridized carbons (Fsp3) is 0.577. The Morgan fingerprint density at radius 2 is 1.74 bits per heavy atom. The van der Waals surface area contributed by atoms with Crippen LogP contribution >= 0.6 is 0 Å². The number of hydrogen-bond acceptors (Lipinski definition) is 1. The minimum absolute atomic E-state index is 0.0882. The number of benzene rings is 1. The van der Waals surface area contributed by atoms with Gasteiger partial charge in [0.05, 0.1) is 0 Å². The van der Waals surface area contributed by atoms with Crippen molar-refractivity contribution in [2.45, 2.75) is 65.7 Å². The highest BCUT2D eigenvalue weighted by molar-refractivity contribution is 5.85. The molecule has 0 aliphatic heterocycles. The summed E-state index contributed by atoms with van der Waals surface area (Å²) in [4.78, 5) is 12.9. The number of fused-ring (bicyclic) bond motifs is 2. The summed E-state index contributed by atoms with van der Waals surface area (Å²) in [6, 6.07) is 8.87. The molecule has 1 nitrogen and oxygen atoms in total. The van der Waals surface area contributed by atoms with Crippen LogP contribution < -0.4 is 0 Å². The molecule has 3 aliphatic carbocycles. The standard InChI is InChI=1S/C26H34O/c1-16-14-22(20-12-8-9-13-21(20)25(16)27)23-15-24(26(3,4)5)17(2)18-10-6-7-11-19(18)23/h6-7,10-11,15-16,20-23H,2,8-9,12-14H2,1,3-5H3. The zero-order valence-corrected chi connectivity index (χ0v) is 17.4. The second-order valence-electron chi connectivity index (χ2n) is 10.2. The molecule has 3 aliphatic rings. The van der Waals surface area contributed by atoms with Gasteiger partial charge in [-0.2, -0.15) is 0 Å². The molecule has 2 fully saturated rings. The minimum atomic E-state index is 0.0882. The third-order valence-electron chi connectivity index (χ3n) is 7.43. The molecule has 5 unspecified atom stereocenters. The summed E-state index contributed by atoms with van der Waals surface area (Å²) >= 11 is 0. The van der Waals surface area contributed by atoms with Gasteiger partial charge in [0.1, 0.15) is 5.78 Å². The number of allylic oxidation sites excluding steroid dienone is 3.